The molecule has 0 spiro atoms. The number of carbonyl (C=O) groups excluding carboxylic acids is 3. The van der Waals surface area contributed by atoms with Crippen LogP contribution in [0.1, 0.15) is 59.3 Å². The second-order valence-electron chi connectivity index (χ2n) is 8.55. The van der Waals surface area contributed by atoms with Gasteiger partial charge in [0.1, 0.15) is 5.60 Å². The summed E-state index contributed by atoms with van der Waals surface area (Å²) in [5, 5.41) is 2.96. The summed E-state index contributed by atoms with van der Waals surface area (Å²) in [6.45, 7) is 6.83. The van der Waals surface area contributed by atoms with Gasteiger partial charge in [0.2, 0.25) is 12.3 Å². The van der Waals surface area contributed by atoms with Crippen molar-refractivity contribution in [2.45, 2.75) is 64.9 Å². The van der Waals surface area contributed by atoms with Crippen molar-refractivity contribution in [3.63, 3.8) is 0 Å². The lowest BCUT2D eigenvalue weighted by Gasteiger charge is -2.33. The number of hydrogen-bond donors (Lipinski definition) is 0. The van der Waals surface area contributed by atoms with E-state index >= 15 is 0 Å². The van der Waals surface area contributed by atoms with Gasteiger partial charge >= 0.3 is 6.09 Å². The van der Waals surface area contributed by atoms with Crippen molar-refractivity contribution in [1.29, 1.82) is 0 Å². The van der Waals surface area contributed by atoms with Gasteiger partial charge < -0.3 is 9.64 Å². The highest BCUT2D eigenvalue weighted by atomic mass is 16.6. The van der Waals surface area contributed by atoms with Crippen molar-refractivity contribution in [1.82, 2.24) is 14.9 Å². The van der Waals surface area contributed by atoms with Gasteiger partial charge in [-0.3, -0.25) is 9.59 Å². The predicted octanol–water partition coefficient (Wildman–Crippen LogP) is 2.66. The molecule has 2 rings (SSSR count). The summed E-state index contributed by atoms with van der Waals surface area (Å²) >= 11 is 0. The number of nitrogens with zero attached hydrogens (tertiary/aromatic N) is 3. The maximum Gasteiger partial charge on any atom is 0.429 e. The summed E-state index contributed by atoms with van der Waals surface area (Å²) in [6.07, 6.45) is 6.50. The Balaban J connectivity index is 2.08. The molecule has 1 aliphatic carbocycles. The second kappa shape index (κ2) is 8.73. The van der Waals surface area contributed by atoms with Crippen LogP contribution >= 0.6 is 0 Å². The normalized spacial score (nSPS) is 19.5. The van der Waals surface area contributed by atoms with Crippen LogP contribution in [-0.4, -0.2) is 65.6 Å². The van der Waals surface area contributed by atoms with Gasteiger partial charge in [0.25, 0.3) is 0 Å². The van der Waals surface area contributed by atoms with Gasteiger partial charge in [0.05, 0.1) is 5.92 Å². The van der Waals surface area contributed by atoms with Crippen molar-refractivity contribution >= 4 is 18.4 Å². The minimum atomic E-state index is -0.602. The molecule has 2 fully saturated rings. The fourth-order valence-electron chi connectivity index (χ4n) is 3.85. The first-order valence-electron chi connectivity index (χ1n) is 9.68. The van der Waals surface area contributed by atoms with E-state index in [1.165, 1.54) is 27.8 Å². The van der Waals surface area contributed by atoms with Crippen molar-refractivity contribution in [3.05, 3.63) is 0 Å². The van der Waals surface area contributed by atoms with Crippen LogP contribution in [0.2, 0.25) is 0 Å². The van der Waals surface area contributed by atoms with Gasteiger partial charge in [-0.2, -0.15) is 0 Å². The van der Waals surface area contributed by atoms with E-state index in [9.17, 15) is 14.4 Å². The molecule has 1 saturated carbocycles. The molecular weight excluding hydrogens is 334 g/mol. The third-order valence-corrected chi connectivity index (χ3v) is 5.02. The number of hydrazine groups is 1. The molecule has 0 radical (unpaired) electrons. The maximum atomic E-state index is 13.2. The molecule has 1 aliphatic heterocycles. The smallest absolute Gasteiger partial charge is 0.429 e. The van der Waals surface area contributed by atoms with E-state index in [-0.39, 0.29) is 11.8 Å². The Morgan fingerprint density at radius 3 is 2.35 bits per heavy atom. The van der Waals surface area contributed by atoms with Gasteiger partial charge in [0.15, 0.2) is 0 Å². The van der Waals surface area contributed by atoms with E-state index < -0.39 is 11.7 Å². The van der Waals surface area contributed by atoms with Gasteiger partial charge in [-0.05, 0) is 39.5 Å². The topological polar surface area (TPSA) is 70.2 Å². The SMILES string of the molecule is CN(C=O)C[C@@H](CC1CCCC1)C(=O)N1CCCN1C(=O)OC(C)(C)C. The Hall–Kier alpha value is -1.79. The average Bonchev–Trinajstić information content (AvgIpc) is 3.23. The summed E-state index contributed by atoms with van der Waals surface area (Å²) < 4.78 is 5.44. The van der Waals surface area contributed by atoms with Crippen molar-refractivity contribution in [3.8, 4) is 0 Å². The molecule has 0 bridgehead atoms. The Bertz CT molecular complexity index is 511. The Labute approximate surface area is 156 Å². The fourth-order valence-corrected chi connectivity index (χ4v) is 3.85. The summed E-state index contributed by atoms with van der Waals surface area (Å²) in [5.74, 6) is 0.173. The summed E-state index contributed by atoms with van der Waals surface area (Å²) in [7, 11) is 1.69. The molecule has 2 aliphatic rings. The summed E-state index contributed by atoms with van der Waals surface area (Å²) in [6, 6.07) is 0. The van der Waals surface area contributed by atoms with Crippen molar-refractivity contribution in [2.24, 2.45) is 11.8 Å². The molecule has 148 valence electrons. The maximum absolute atomic E-state index is 13.2. The van der Waals surface area contributed by atoms with E-state index in [1.807, 2.05) is 20.8 Å². The highest BCUT2D eigenvalue weighted by Crippen LogP contribution is 2.32. The van der Waals surface area contributed by atoms with Gasteiger partial charge in [0, 0.05) is 26.7 Å². The highest BCUT2D eigenvalue weighted by molar-refractivity contribution is 5.82. The molecule has 0 aromatic heterocycles. The largest absolute Gasteiger partial charge is 0.442 e. The quantitative estimate of drug-likeness (QED) is 0.677. The van der Waals surface area contributed by atoms with Crippen molar-refractivity contribution < 1.29 is 19.1 Å². The van der Waals surface area contributed by atoms with E-state index in [1.54, 1.807) is 7.05 Å². The van der Waals surface area contributed by atoms with Gasteiger partial charge in [-0.1, -0.05) is 25.7 Å². The van der Waals surface area contributed by atoms with Crippen molar-refractivity contribution in [2.75, 3.05) is 26.7 Å². The third kappa shape index (κ3) is 5.61. The van der Waals surface area contributed by atoms with Crippen LogP contribution in [0.5, 0.6) is 0 Å². The molecule has 1 saturated heterocycles. The first kappa shape index (κ1) is 20.5. The molecule has 26 heavy (non-hydrogen) atoms. The van der Waals surface area contributed by atoms with Crippen LogP contribution in [0.15, 0.2) is 0 Å². The first-order valence-corrected chi connectivity index (χ1v) is 9.68. The molecule has 3 amide bonds. The van der Waals surface area contributed by atoms with Crippen LogP contribution < -0.4 is 0 Å². The van der Waals surface area contributed by atoms with Crippen LogP contribution in [-0.2, 0) is 14.3 Å². The molecule has 0 aromatic rings. The first-order chi connectivity index (χ1) is 12.2. The van der Waals surface area contributed by atoms with Gasteiger partial charge in [-0.25, -0.2) is 14.8 Å². The lowest BCUT2D eigenvalue weighted by Crippen LogP contribution is -2.50. The van der Waals surface area contributed by atoms with E-state index in [4.69, 9.17) is 4.74 Å². The predicted molar refractivity (Wildman–Crippen MR) is 98.0 cm³/mol. The minimum Gasteiger partial charge on any atom is -0.442 e. The van der Waals surface area contributed by atoms with E-state index in [0.717, 1.165) is 32.1 Å². The number of carbonyl (C=O) groups is 3. The number of amides is 3. The monoisotopic (exact) mass is 367 g/mol. The molecule has 0 N–H and O–H groups in total. The molecule has 1 heterocycles. The van der Waals surface area contributed by atoms with Crippen LogP contribution in [0, 0.1) is 11.8 Å². The van der Waals surface area contributed by atoms with E-state index in [2.05, 4.69) is 0 Å². The second-order valence-corrected chi connectivity index (χ2v) is 8.55. The zero-order valence-corrected chi connectivity index (χ0v) is 16.6. The summed E-state index contributed by atoms with van der Waals surface area (Å²) in [4.78, 5) is 38.3. The molecule has 7 nitrogen and oxygen atoms in total. The van der Waals surface area contributed by atoms with Gasteiger partial charge in [-0.15, -0.1) is 0 Å². The minimum absolute atomic E-state index is 0.0750. The molecule has 1 atom stereocenters. The van der Waals surface area contributed by atoms with Crippen LogP contribution in [0.3, 0.4) is 0 Å². The Morgan fingerprint density at radius 1 is 1.15 bits per heavy atom. The third-order valence-electron chi connectivity index (χ3n) is 5.02. The average molecular weight is 367 g/mol. The lowest BCUT2D eigenvalue weighted by molar-refractivity contribution is -0.148. The Morgan fingerprint density at radius 2 is 1.77 bits per heavy atom. The number of ether oxygens (including phenoxy) is 1. The molecule has 7 heteroatoms. The molecule has 0 aromatic carbocycles. The standard InChI is InChI=1S/C19H33N3O4/c1-19(2,3)26-18(25)22-11-7-10-21(22)17(24)16(13-20(4)14-23)12-15-8-5-6-9-15/h14-16H,5-13H2,1-4H3/t16-/m1/s1. The highest BCUT2D eigenvalue weighted by Gasteiger charge is 2.38. The zero-order valence-electron chi connectivity index (χ0n) is 16.6. The van der Waals surface area contributed by atoms with E-state index in [0.29, 0.717) is 25.6 Å². The Kier molecular flexibility index (Phi) is 6.89. The van der Waals surface area contributed by atoms with Crippen LogP contribution in [0.4, 0.5) is 4.79 Å². The van der Waals surface area contributed by atoms with Crippen LogP contribution in [0.25, 0.3) is 0 Å². The lowest BCUT2D eigenvalue weighted by atomic mass is 9.92. The zero-order chi connectivity index (χ0) is 19.3. The number of rotatable bonds is 6. The summed E-state index contributed by atoms with van der Waals surface area (Å²) in [5.41, 5.74) is -0.602. The number of hydrogen-bond acceptors (Lipinski definition) is 4. The molecule has 0 unspecified atom stereocenters. The molecular formula is C19H33N3O4. The fraction of sp³-hybridized carbons (Fsp3) is 0.842.